The van der Waals surface area contributed by atoms with Crippen LogP contribution in [-0.4, -0.2) is 42.9 Å². The molecule has 0 aromatic heterocycles. The zero-order valence-corrected chi connectivity index (χ0v) is 15.1. The fourth-order valence-corrected chi connectivity index (χ4v) is 3.22. The number of piperidine rings is 1. The Kier molecular flexibility index (Phi) is 6.08. The Labute approximate surface area is 150 Å². The predicted octanol–water partition coefficient (Wildman–Crippen LogP) is 2.89. The van der Waals surface area contributed by atoms with E-state index in [9.17, 15) is 9.59 Å². The number of likely N-dealkylation sites (tertiary alicyclic amines) is 1. The van der Waals surface area contributed by atoms with Gasteiger partial charge in [0.05, 0.1) is 0 Å². The van der Waals surface area contributed by atoms with Crippen molar-refractivity contribution < 1.29 is 9.59 Å². The van der Waals surface area contributed by atoms with Crippen LogP contribution in [0.5, 0.6) is 0 Å². The smallest absolute Gasteiger partial charge is 0.251 e. The maximum Gasteiger partial charge on any atom is 0.251 e. The van der Waals surface area contributed by atoms with E-state index in [1.54, 1.807) is 12.1 Å². The van der Waals surface area contributed by atoms with Crippen molar-refractivity contribution >= 4 is 17.5 Å². The minimum Gasteiger partial charge on any atom is -0.352 e. The summed E-state index contributed by atoms with van der Waals surface area (Å²) in [6.45, 7) is 6.41. The molecule has 2 N–H and O–H groups in total. The topological polar surface area (TPSA) is 61.4 Å². The van der Waals surface area contributed by atoms with Crippen molar-refractivity contribution in [1.82, 2.24) is 10.2 Å². The van der Waals surface area contributed by atoms with Crippen LogP contribution in [0.3, 0.4) is 0 Å². The van der Waals surface area contributed by atoms with Gasteiger partial charge in [-0.2, -0.15) is 0 Å². The average molecular weight is 343 g/mol. The molecular formula is C20H29N3O2. The Morgan fingerprint density at radius 3 is 2.64 bits per heavy atom. The largest absolute Gasteiger partial charge is 0.352 e. The second-order valence-corrected chi connectivity index (χ2v) is 7.48. The number of carbonyl (C=O) groups excluding carboxylic acids is 2. The molecule has 1 aromatic rings. The molecule has 136 valence electrons. The summed E-state index contributed by atoms with van der Waals surface area (Å²) in [6, 6.07) is 7.18. The lowest BCUT2D eigenvalue weighted by atomic mass is 9.99. The minimum atomic E-state index is -0.0743. The van der Waals surface area contributed by atoms with Crippen molar-refractivity contribution in [2.24, 2.45) is 11.8 Å². The van der Waals surface area contributed by atoms with Crippen molar-refractivity contribution in [3.63, 3.8) is 0 Å². The maximum atomic E-state index is 12.3. The number of hydrogen-bond donors (Lipinski definition) is 2. The molecule has 1 saturated heterocycles. The summed E-state index contributed by atoms with van der Waals surface area (Å²) >= 11 is 0. The molecule has 5 heteroatoms. The first-order valence-electron chi connectivity index (χ1n) is 9.53. The van der Waals surface area contributed by atoms with Crippen LogP contribution >= 0.6 is 0 Å². The van der Waals surface area contributed by atoms with E-state index in [4.69, 9.17) is 0 Å². The van der Waals surface area contributed by atoms with Gasteiger partial charge in [0.15, 0.2) is 0 Å². The van der Waals surface area contributed by atoms with Crippen LogP contribution in [0.2, 0.25) is 0 Å². The average Bonchev–Trinajstić information content (AvgIpc) is 3.45. The summed E-state index contributed by atoms with van der Waals surface area (Å²) < 4.78 is 0. The molecule has 1 aliphatic carbocycles. The molecule has 2 fully saturated rings. The Morgan fingerprint density at radius 2 is 1.92 bits per heavy atom. The summed E-state index contributed by atoms with van der Waals surface area (Å²) in [5.41, 5.74) is 1.30. The van der Waals surface area contributed by atoms with Gasteiger partial charge in [0.25, 0.3) is 5.91 Å². The van der Waals surface area contributed by atoms with Gasteiger partial charge >= 0.3 is 0 Å². The molecule has 0 atom stereocenters. The normalized spacial score (nSPS) is 18.8. The number of nitrogens with zero attached hydrogens (tertiary/aromatic N) is 1. The third-order valence-electron chi connectivity index (χ3n) is 5.15. The van der Waals surface area contributed by atoms with Gasteiger partial charge in [-0.1, -0.05) is 13.0 Å². The molecule has 1 heterocycles. The molecule has 5 nitrogen and oxygen atoms in total. The van der Waals surface area contributed by atoms with E-state index in [0.717, 1.165) is 31.7 Å². The molecular weight excluding hydrogens is 314 g/mol. The molecule has 1 saturated carbocycles. The zero-order valence-electron chi connectivity index (χ0n) is 15.1. The van der Waals surface area contributed by atoms with E-state index in [1.807, 2.05) is 12.1 Å². The minimum absolute atomic E-state index is 0.0633. The number of anilines is 1. The Bertz CT molecular complexity index is 605. The maximum absolute atomic E-state index is 12.3. The monoisotopic (exact) mass is 343 g/mol. The molecule has 0 spiro atoms. The van der Waals surface area contributed by atoms with Crippen LogP contribution in [0.25, 0.3) is 0 Å². The van der Waals surface area contributed by atoms with Crippen molar-refractivity contribution in [3.05, 3.63) is 29.8 Å². The highest BCUT2D eigenvalue weighted by Crippen LogP contribution is 2.30. The number of carbonyl (C=O) groups is 2. The van der Waals surface area contributed by atoms with Gasteiger partial charge in [0, 0.05) is 23.7 Å². The van der Waals surface area contributed by atoms with E-state index in [1.165, 1.54) is 25.9 Å². The summed E-state index contributed by atoms with van der Waals surface area (Å²) in [6.07, 6.45) is 5.49. The molecule has 1 aliphatic heterocycles. The number of hydrogen-bond acceptors (Lipinski definition) is 3. The van der Waals surface area contributed by atoms with E-state index in [0.29, 0.717) is 17.8 Å². The summed E-state index contributed by atoms with van der Waals surface area (Å²) in [4.78, 5) is 26.6. The number of rotatable bonds is 7. The van der Waals surface area contributed by atoms with Crippen LogP contribution in [0.15, 0.2) is 24.3 Å². The molecule has 0 unspecified atom stereocenters. The van der Waals surface area contributed by atoms with Gasteiger partial charge in [-0.3, -0.25) is 9.59 Å². The summed E-state index contributed by atoms with van der Waals surface area (Å²) in [5, 5.41) is 5.87. The van der Waals surface area contributed by atoms with Gasteiger partial charge in [0.2, 0.25) is 5.91 Å². The first-order valence-corrected chi connectivity index (χ1v) is 9.53. The Morgan fingerprint density at radius 1 is 1.16 bits per heavy atom. The summed E-state index contributed by atoms with van der Waals surface area (Å²) in [7, 11) is 0. The van der Waals surface area contributed by atoms with E-state index < -0.39 is 0 Å². The fourth-order valence-electron chi connectivity index (χ4n) is 3.22. The zero-order chi connectivity index (χ0) is 17.6. The molecule has 2 amide bonds. The van der Waals surface area contributed by atoms with Gasteiger partial charge in [-0.05, 0) is 75.9 Å². The molecule has 1 aromatic carbocycles. The van der Waals surface area contributed by atoms with Gasteiger partial charge in [-0.25, -0.2) is 0 Å². The van der Waals surface area contributed by atoms with Crippen LogP contribution in [0.1, 0.15) is 49.4 Å². The van der Waals surface area contributed by atoms with E-state index in [-0.39, 0.29) is 17.7 Å². The van der Waals surface area contributed by atoms with Crippen molar-refractivity contribution in [2.45, 2.75) is 39.0 Å². The van der Waals surface area contributed by atoms with Crippen LogP contribution in [0, 0.1) is 11.8 Å². The van der Waals surface area contributed by atoms with Crippen molar-refractivity contribution in [1.29, 1.82) is 0 Å². The highest BCUT2D eigenvalue weighted by Gasteiger charge is 2.29. The SMILES string of the molecule is CC1CCN(CCCNC(=O)c2cccc(NC(=O)C3CC3)c2)CC1. The highest BCUT2D eigenvalue weighted by molar-refractivity contribution is 5.98. The van der Waals surface area contributed by atoms with Crippen LogP contribution in [0.4, 0.5) is 5.69 Å². The molecule has 3 rings (SSSR count). The fraction of sp³-hybridized carbons (Fsp3) is 0.600. The van der Waals surface area contributed by atoms with Gasteiger partial charge in [-0.15, -0.1) is 0 Å². The molecule has 0 radical (unpaired) electrons. The molecule has 2 aliphatic rings. The Hall–Kier alpha value is -1.88. The lowest BCUT2D eigenvalue weighted by Gasteiger charge is -2.30. The highest BCUT2D eigenvalue weighted by atomic mass is 16.2. The lowest BCUT2D eigenvalue weighted by Crippen LogP contribution is -2.35. The third kappa shape index (κ3) is 5.56. The standard InChI is InChI=1S/C20H29N3O2/c1-15-8-12-23(13-9-15)11-3-10-21-19(24)17-4-2-5-18(14-17)22-20(25)16-6-7-16/h2,4-5,14-16H,3,6-13H2,1H3,(H,21,24)(H,22,25). The van der Waals surface area contributed by atoms with Crippen LogP contribution in [-0.2, 0) is 4.79 Å². The molecule has 25 heavy (non-hydrogen) atoms. The van der Waals surface area contributed by atoms with Gasteiger partial charge < -0.3 is 15.5 Å². The van der Waals surface area contributed by atoms with E-state index >= 15 is 0 Å². The summed E-state index contributed by atoms with van der Waals surface area (Å²) in [5.74, 6) is 1.00. The molecule has 0 bridgehead atoms. The van der Waals surface area contributed by atoms with Gasteiger partial charge in [0.1, 0.15) is 0 Å². The van der Waals surface area contributed by atoms with Crippen molar-refractivity contribution in [2.75, 3.05) is 31.5 Å². The lowest BCUT2D eigenvalue weighted by molar-refractivity contribution is -0.117. The van der Waals surface area contributed by atoms with Crippen LogP contribution < -0.4 is 10.6 Å². The Balaban J connectivity index is 1.39. The predicted molar refractivity (Wildman–Crippen MR) is 99.6 cm³/mol. The first-order chi connectivity index (χ1) is 12.1. The van der Waals surface area contributed by atoms with E-state index in [2.05, 4.69) is 22.5 Å². The first kappa shape index (κ1) is 17.9. The number of nitrogens with one attached hydrogen (secondary N) is 2. The second-order valence-electron chi connectivity index (χ2n) is 7.48. The number of benzene rings is 1. The second kappa shape index (κ2) is 8.48. The quantitative estimate of drug-likeness (QED) is 0.749. The third-order valence-corrected chi connectivity index (χ3v) is 5.15. The number of amides is 2. The van der Waals surface area contributed by atoms with Crippen molar-refractivity contribution in [3.8, 4) is 0 Å².